The second-order valence-corrected chi connectivity index (χ2v) is 2.66. The van der Waals surface area contributed by atoms with E-state index in [9.17, 15) is 4.79 Å². The first-order valence-corrected chi connectivity index (χ1v) is 4.29. The Morgan fingerprint density at radius 2 is 2.00 bits per heavy atom. The molecule has 0 atom stereocenters. The van der Waals surface area contributed by atoms with E-state index < -0.39 is 6.16 Å². The van der Waals surface area contributed by atoms with Crippen LogP contribution in [-0.2, 0) is 0 Å². The van der Waals surface area contributed by atoms with Crippen molar-refractivity contribution in [3.05, 3.63) is 48.8 Å². The van der Waals surface area contributed by atoms with Gasteiger partial charge in [-0.15, -0.1) is 5.10 Å². The summed E-state index contributed by atoms with van der Waals surface area (Å²) in [6, 6.07) is 10.3. The zero-order chi connectivity index (χ0) is 10.5. The number of carbonyl (C=O) groups excluding carboxylic acids is 1. The van der Waals surface area contributed by atoms with E-state index in [0.717, 1.165) is 4.85 Å². The standard InChI is InChI=1S/C10H8N2O3/c13-10(15-12-8-4-7-11-12)14-9-5-2-1-3-6-9/h1-8H. The van der Waals surface area contributed by atoms with Crippen molar-refractivity contribution < 1.29 is 14.4 Å². The number of aromatic nitrogens is 2. The minimum atomic E-state index is -0.829. The molecule has 0 unspecified atom stereocenters. The van der Waals surface area contributed by atoms with Crippen LogP contribution in [0.25, 0.3) is 0 Å². The number of nitrogens with zero attached hydrogens (tertiary/aromatic N) is 2. The molecule has 1 aromatic carbocycles. The first kappa shape index (κ1) is 9.26. The maximum atomic E-state index is 11.2. The van der Waals surface area contributed by atoms with Crippen molar-refractivity contribution in [1.82, 2.24) is 9.94 Å². The maximum Gasteiger partial charge on any atom is 0.540 e. The van der Waals surface area contributed by atoms with Crippen LogP contribution in [0.3, 0.4) is 0 Å². The van der Waals surface area contributed by atoms with Gasteiger partial charge < -0.3 is 4.74 Å². The van der Waals surface area contributed by atoms with E-state index in [0.29, 0.717) is 5.75 Å². The minimum absolute atomic E-state index is 0.426. The van der Waals surface area contributed by atoms with E-state index >= 15 is 0 Å². The summed E-state index contributed by atoms with van der Waals surface area (Å²) in [5.41, 5.74) is 0. The topological polar surface area (TPSA) is 53.4 Å². The first-order chi connectivity index (χ1) is 7.34. The molecular weight excluding hydrogens is 196 g/mol. The van der Waals surface area contributed by atoms with Crippen molar-refractivity contribution in [2.75, 3.05) is 0 Å². The summed E-state index contributed by atoms with van der Waals surface area (Å²) in [5.74, 6) is 0.426. The highest BCUT2D eigenvalue weighted by molar-refractivity contribution is 5.63. The van der Waals surface area contributed by atoms with E-state index in [1.165, 1.54) is 12.4 Å². The molecule has 0 saturated carbocycles. The van der Waals surface area contributed by atoms with Gasteiger partial charge in [-0.1, -0.05) is 23.0 Å². The van der Waals surface area contributed by atoms with Crippen LogP contribution in [0, 0.1) is 0 Å². The van der Waals surface area contributed by atoms with Crippen LogP contribution in [0.2, 0.25) is 0 Å². The Kier molecular flexibility index (Phi) is 2.64. The molecule has 2 aromatic rings. The van der Waals surface area contributed by atoms with Crippen molar-refractivity contribution in [1.29, 1.82) is 0 Å². The van der Waals surface area contributed by atoms with Gasteiger partial charge in [0.05, 0.1) is 12.4 Å². The fraction of sp³-hybridized carbons (Fsp3) is 0. The normalized spacial score (nSPS) is 9.60. The molecule has 0 fully saturated rings. The van der Waals surface area contributed by atoms with Crippen LogP contribution in [0.15, 0.2) is 48.8 Å². The fourth-order valence-electron chi connectivity index (χ4n) is 0.989. The molecule has 5 heteroatoms. The maximum absolute atomic E-state index is 11.2. The zero-order valence-electron chi connectivity index (χ0n) is 7.74. The third kappa shape index (κ3) is 2.57. The molecular formula is C10H8N2O3. The van der Waals surface area contributed by atoms with Crippen LogP contribution < -0.4 is 9.57 Å². The Balaban J connectivity index is 1.94. The number of benzene rings is 1. The van der Waals surface area contributed by atoms with E-state index in [2.05, 4.69) is 5.10 Å². The van der Waals surface area contributed by atoms with Gasteiger partial charge in [-0.25, -0.2) is 4.79 Å². The predicted molar refractivity (Wildman–Crippen MR) is 51.3 cm³/mol. The average molecular weight is 204 g/mol. The summed E-state index contributed by atoms with van der Waals surface area (Å²) in [4.78, 5) is 16.9. The summed E-state index contributed by atoms with van der Waals surface area (Å²) in [7, 11) is 0. The quantitative estimate of drug-likeness (QED) is 0.549. The average Bonchev–Trinajstić information content (AvgIpc) is 2.71. The number of carbonyl (C=O) groups is 1. The van der Waals surface area contributed by atoms with Gasteiger partial charge in [0.2, 0.25) is 0 Å². The largest absolute Gasteiger partial charge is 0.540 e. The molecule has 0 spiro atoms. The highest BCUT2D eigenvalue weighted by Gasteiger charge is 2.06. The molecule has 0 saturated heterocycles. The van der Waals surface area contributed by atoms with E-state index in [-0.39, 0.29) is 0 Å². The van der Waals surface area contributed by atoms with Gasteiger partial charge in [-0.3, -0.25) is 4.84 Å². The molecule has 1 aromatic heterocycles. The molecule has 2 rings (SSSR count). The van der Waals surface area contributed by atoms with Crippen LogP contribution >= 0.6 is 0 Å². The third-order valence-electron chi connectivity index (χ3n) is 1.59. The van der Waals surface area contributed by atoms with Gasteiger partial charge in [0.1, 0.15) is 5.75 Å². The van der Waals surface area contributed by atoms with E-state index in [4.69, 9.17) is 9.57 Å². The van der Waals surface area contributed by atoms with Gasteiger partial charge in [0, 0.05) is 0 Å². The molecule has 1 heterocycles. The van der Waals surface area contributed by atoms with Gasteiger partial charge in [0.15, 0.2) is 0 Å². The lowest BCUT2D eigenvalue weighted by Crippen LogP contribution is -2.23. The minimum Gasteiger partial charge on any atom is -0.393 e. The number of rotatable bonds is 2. The van der Waals surface area contributed by atoms with Gasteiger partial charge >= 0.3 is 6.16 Å². The predicted octanol–water partition coefficient (Wildman–Crippen LogP) is 1.51. The lowest BCUT2D eigenvalue weighted by Gasteiger charge is -2.03. The molecule has 0 aliphatic heterocycles. The van der Waals surface area contributed by atoms with Crippen LogP contribution in [0.4, 0.5) is 4.79 Å². The Morgan fingerprint density at radius 1 is 1.20 bits per heavy atom. The Morgan fingerprint density at radius 3 is 2.67 bits per heavy atom. The lowest BCUT2D eigenvalue weighted by molar-refractivity contribution is 0.0749. The third-order valence-corrected chi connectivity index (χ3v) is 1.59. The van der Waals surface area contributed by atoms with Crippen molar-refractivity contribution in [2.45, 2.75) is 0 Å². The molecule has 76 valence electrons. The number of ether oxygens (including phenoxy) is 1. The van der Waals surface area contributed by atoms with Gasteiger partial charge in [-0.2, -0.15) is 0 Å². The van der Waals surface area contributed by atoms with Crippen molar-refractivity contribution in [3.8, 4) is 5.75 Å². The molecule has 5 nitrogen and oxygen atoms in total. The van der Waals surface area contributed by atoms with Gasteiger partial charge in [-0.05, 0) is 18.2 Å². The van der Waals surface area contributed by atoms with Crippen LogP contribution in [0.5, 0.6) is 5.75 Å². The second kappa shape index (κ2) is 4.28. The summed E-state index contributed by atoms with van der Waals surface area (Å²) in [5, 5.41) is 3.69. The van der Waals surface area contributed by atoms with Gasteiger partial charge in [0.25, 0.3) is 0 Å². The number of hydrogen-bond donors (Lipinski definition) is 0. The fourth-order valence-corrected chi connectivity index (χ4v) is 0.989. The summed E-state index contributed by atoms with van der Waals surface area (Å²) in [6.07, 6.45) is 2.16. The Labute approximate surface area is 85.8 Å². The second-order valence-electron chi connectivity index (χ2n) is 2.66. The van der Waals surface area contributed by atoms with Crippen molar-refractivity contribution >= 4 is 6.16 Å². The monoisotopic (exact) mass is 204 g/mol. The van der Waals surface area contributed by atoms with Crippen LogP contribution in [0.1, 0.15) is 0 Å². The highest BCUT2D eigenvalue weighted by Crippen LogP contribution is 2.08. The highest BCUT2D eigenvalue weighted by atomic mass is 16.8. The van der Waals surface area contributed by atoms with Crippen molar-refractivity contribution in [2.24, 2.45) is 0 Å². The first-order valence-electron chi connectivity index (χ1n) is 4.29. The Bertz CT molecular complexity index is 425. The molecule has 0 aliphatic carbocycles. The molecule has 0 amide bonds. The molecule has 0 bridgehead atoms. The number of para-hydroxylation sites is 1. The van der Waals surface area contributed by atoms with E-state index in [1.807, 2.05) is 6.07 Å². The smallest absolute Gasteiger partial charge is 0.393 e. The molecule has 0 N–H and O–H groups in total. The molecule has 0 aliphatic rings. The zero-order valence-corrected chi connectivity index (χ0v) is 7.74. The molecule has 15 heavy (non-hydrogen) atoms. The number of hydrogen-bond acceptors (Lipinski definition) is 4. The Hall–Kier alpha value is -2.30. The summed E-state index contributed by atoms with van der Waals surface area (Å²) in [6.45, 7) is 0. The summed E-state index contributed by atoms with van der Waals surface area (Å²) < 4.78 is 4.87. The molecule has 0 radical (unpaired) electrons. The van der Waals surface area contributed by atoms with Crippen LogP contribution in [-0.4, -0.2) is 16.1 Å². The van der Waals surface area contributed by atoms with Crippen molar-refractivity contribution in [3.63, 3.8) is 0 Å². The summed E-state index contributed by atoms with van der Waals surface area (Å²) >= 11 is 0. The SMILES string of the molecule is O=C(Oc1ccccc1)On1cccn1. The van der Waals surface area contributed by atoms with E-state index in [1.54, 1.807) is 30.3 Å². The lowest BCUT2D eigenvalue weighted by atomic mass is 10.3.